The molecule has 1 aliphatic rings. The molecule has 1 rings (SSSR count). The van der Waals surface area contributed by atoms with Gasteiger partial charge < -0.3 is 4.90 Å². The zero-order valence-corrected chi connectivity index (χ0v) is 6.17. The predicted molar refractivity (Wildman–Crippen MR) is 36.4 cm³/mol. The first-order valence-corrected chi connectivity index (χ1v) is 2.95. The summed E-state index contributed by atoms with van der Waals surface area (Å²) in [7, 11) is 3.32. The highest BCUT2D eigenvalue weighted by Crippen LogP contribution is 2.04. The van der Waals surface area contributed by atoms with Crippen LogP contribution in [0, 0.1) is 0 Å². The van der Waals surface area contributed by atoms with E-state index in [0.29, 0.717) is 5.82 Å². The quantitative estimate of drug-likeness (QED) is 0.565. The minimum Gasteiger partial charge on any atom is -0.363 e. The standard InChI is InChI=1S/C5H8F2N4/c1-10(2)5-3-4(6)8-11(7)9-5/h3,9H,1-2H3. The maximum absolute atomic E-state index is 12.4. The Morgan fingerprint density at radius 3 is 2.73 bits per heavy atom. The highest BCUT2D eigenvalue weighted by atomic mass is 19.2. The van der Waals surface area contributed by atoms with Crippen LogP contribution < -0.4 is 5.43 Å². The summed E-state index contributed by atoms with van der Waals surface area (Å²) in [5, 5.41) is 2.64. The second-order valence-electron chi connectivity index (χ2n) is 2.22. The van der Waals surface area contributed by atoms with Gasteiger partial charge in [0.05, 0.1) is 0 Å². The van der Waals surface area contributed by atoms with Crippen molar-refractivity contribution in [2.24, 2.45) is 5.10 Å². The van der Waals surface area contributed by atoms with Gasteiger partial charge in [0.25, 0.3) is 0 Å². The van der Waals surface area contributed by atoms with Crippen molar-refractivity contribution < 1.29 is 8.87 Å². The Morgan fingerprint density at radius 2 is 2.27 bits per heavy atom. The fourth-order valence-electron chi connectivity index (χ4n) is 0.606. The number of hydrazine groups is 1. The molecule has 1 aliphatic heterocycles. The SMILES string of the molecule is CN(C)C1=CC(F)=NN(F)N1. The number of nitrogens with zero attached hydrogens (tertiary/aromatic N) is 3. The molecule has 0 aromatic carbocycles. The minimum atomic E-state index is -0.866. The van der Waals surface area contributed by atoms with Crippen LogP contribution in [0.2, 0.25) is 0 Å². The van der Waals surface area contributed by atoms with Gasteiger partial charge in [-0.15, -0.1) is 0 Å². The van der Waals surface area contributed by atoms with E-state index < -0.39 is 5.97 Å². The summed E-state index contributed by atoms with van der Waals surface area (Å²) in [6.07, 6.45) is 1.09. The topological polar surface area (TPSA) is 30.9 Å². The lowest BCUT2D eigenvalue weighted by Gasteiger charge is -2.22. The molecule has 0 amide bonds. The van der Waals surface area contributed by atoms with Gasteiger partial charge in [-0.3, -0.25) is 0 Å². The maximum Gasteiger partial charge on any atom is 0.239 e. The minimum absolute atomic E-state index is 0.176. The van der Waals surface area contributed by atoms with Crippen molar-refractivity contribution in [3.8, 4) is 0 Å². The lowest BCUT2D eigenvalue weighted by molar-refractivity contribution is -0.0288. The molecule has 1 heterocycles. The third-order valence-corrected chi connectivity index (χ3v) is 1.13. The molecule has 0 aromatic rings. The van der Waals surface area contributed by atoms with E-state index >= 15 is 0 Å². The smallest absolute Gasteiger partial charge is 0.239 e. The van der Waals surface area contributed by atoms with Crippen LogP contribution in [-0.4, -0.2) is 30.3 Å². The van der Waals surface area contributed by atoms with Gasteiger partial charge in [-0.2, -0.15) is 4.39 Å². The van der Waals surface area contributed by atoms with Gasteiger partial charge in [-0.25, -0.2) is 5.43 Å². The van der Waals surface area contributed by atoms with Crippen LogP contribution in [0.15, 0.2) is 17.0 Å². The van der Waals surface area contributed by atoms with Crippen molar-refractivity contribution in [2.45, 2.75) is 0 Å². The first kappa shape index (κ1) is 7.77. The summed E-state index contributed by atoms with van der Waals surface area (Å²) in [5.74, 6) is -0.560. The molecule has 62 valence electrons. The van der Waals surface area contributed by atoms with E-state index in [-0.39, 0.29) is 5.34 Å². The van der Waals surface area contributed by atoms with Gasteiger partial charge in [0.15, 0.2) is 0 Å². The molecule has 0 bridgehead atoms. The van der Waals surface area contributed by atoms with Crippen LogP contribution in [0.4, 0.5) is 8.87 Å². The average Bonchev–Trinajstić information content (AvgIpc) is 1.85. The molecule has 0 radical (unpaired) electrons. The Morgan fingerprint density at radius 1 is 1.64 bits per heavy atom. The fraction of sp³-hybridized carbons (Fsp3) is 0.400. The molecule has 11 heavy (non-hydrogen) atoms. The van der Waals surface area contributed by atoms with Gasteiger partial charge in [-0.05, 0) is 5.34 Å². The summed E-state index contributed by atoms with van der Waals surface area (Å²) in [6.45, 7) is 0. The van der Waals surface area contributed by atoms with Gasteiger partial charge in [0.2, 0.25) is 5.97 Å². The molecule has 0 saturated carbocycles. The van der Waals surface area contributed by atoms with Crippen molar-refractivity contribution in [3.63, 3.8) is 0 Å². The fourth-order valence-corrected chi connectivity index (χ4v) is 0.606. The summed E-state index contributed by atoms with van der Waals surface area (Å²) >= 11 is 0. The second-order valence-corrected chi connectivity index (χ2v) is 2.22. The first-order valence-electron chi connectivity index (χ1n) is 2.95. The monoisotopic (exact) mass is 162 g/mol. The van der Waals surface area contributed by atoms with Crippen LogP contribution in [-0.2, 0) is 0 Å². The molecule has 0 spiro atoms. The van der Waals surface area contributed by atoms with Crippen LogP contribution in [0.25, 0.3) is 0 Å². The molecule has 1 N–H and O–H groups in total. The van der Waals surface area contributed by atoms with Crippen LogP contribution >= 0.6 is 0 Å². The zero-order chi connectivity index (χ0) is 8.43. The zero-order valence-electron chi connectivity index (χ0n) is 6.17. The maximum atomic E-state index is 12.4. The van der Waals surface area contributed by atoms with Crippen LogP contribution in [0.1, 0.15) is 0 Å². The number of hydrogen-bond donors (Lipinski definition) is 1. The normalized spacial score (nSPS) is 16.9. The second kappa shape index (κ2) is 2.73. The number of nitrogens with one attached hydrogen (secondary N) is 1. The van der Waals surface area contributed by atoms with E-state index in [9.17, 15) is 8.87 Å². The van der Waals surface area contributed by atoms with Gasteiger partial charge in [0, 0.05) is 20.2 Å². The van der Waals surface area contributed by atoms with Crippen molar-refractivity contribution >= 4 is 5.97 Å². The van der Waals surface area contributed by atoms with E-state index in [1.165, 1.54) is 4.90 Å². The largest absolute Gasteiger partial charge is 0.363 e. The molecule has 0 aromatic heterocycles. The van der Waals surface area contributed by atoms with Crippen LogP contribution in [0.5, 0.6) is 0 Å². The molecule has 0 aliphatic carbocycles. The molecular formula is C5H8F2N4. The Balaban J connectivity index is 2.76. The molecule has 0 fully saturated rings. The predicted octanol–water partition coefficient (Wildman–Crippen LogP) is 0.377. The van der Waals surface area contributed by atoms with E-state index in [4.69, 9.17) is 0 Å². The van der Waals surface area contributed by atoms with Gasteiger partial charge >= 0.3 is 0 Å². The molecule has 0 atom stereocenters. The lowest BCUT2D eigenvalue weighted by Crippen LogP contribution is -2.36. The van der Waals surface area contributed by atoms with Crippen molar-refractivity contribution in [1.82, 2.24) is 15.7 Å². The number of hydrogen-bond acceptors (Lipinski definition) is 4. The third kappa shape index (κ3) is 1.79. The summed E-state index contributed by atoms with van der Waals surface area (Å²) in [4.78, 5) is 1.53. The molecule has 0 saturated heterocycles. The van der Waals surface area contributed by atoms with E-state index in [1.54, 1.807) is 14.1 Å². The first-order chi connectivity index (χ1) is 5.09. The Hall–Kier alpha value is -1.33. The third-order valence-electron chi connectivity index (χ3n) is 1.13. The van der Waals surface area contributed by atoms with E-state index in [0.717, 1.165) is 6.08 Å². The van der Waals surface area contributed by atoms with E-state index in [1.807, 2.05) is 0 Å². The number of rotatable bonds is 1. The van der Waals surface area contributed by atoms with Crippen molar-refractivity contribution in [2.75, 3.05) is 14.1 Å². The van der Waals surface area contributed by atoms with Gasteiger partial charge in [-0.1, -0.05) is 9.58 Å². The Kier molecular flexibility index (Phi) is 1.93. The van der Waals surface area contributed by atoms with Crippen molar-refractivity contribution in [1.29, 1.82) is 0 Å². The molecular weight excluding hydrogens is 154 g/mol. The van der Waals surface area contributed by atoms with Crippen molar-refractivity contribution in [3.05, 3.63) is 11.9 Å². The number of halogens is 2. The lowest BCUT2D eigenvalue weighted by atomic mass is 10.5. The summed E-state index contributed by atoms with van der Waals surface area (Å²) < 4.78 is 24.6. The highest BCUT2D eigenvalue weighted by Gasteiger charge is 2.12. The van der Waals surface area contributed by atoms with Gasteiger partial charge in [0.1, 0.15) is 5.82 Å². The number of allylic oxidation sites excluding steroid dienone is 1. The Labute approximate surface area is 62.7 Å². The average molecular weight is 162 g/mol. The molecule has 0 unspecified atom stereocenters. The molecule has 6 heteroatoms. The Bertz CT molecular complexity index is 211. The van der Waals surface area contributed by atoms with E-state index in [2.05, 4.69) is 10.5 Å². The summed E-state index contributed by atoms with van der Waals surface area (Å²) in [6, 6.07) is 0. The number of hydrazone groups is 1. The highest BCUT2D eigenvalue weighted by molar-refractivity contribution is 5.87. The summed E-state index contributed by atoms with van der Waals surface area (Å²) in [5.41, 5.74) is 2.17. The van der Waals surface area contributed by atoms with Crippen LogP contribution in [0.3, 0.4) is 0 Å². The molecule has 4 nitrogen and oxygen atoms in total.